The fourth-order valence-electron chi connectivity index (χ4n) is 4.68. The van der Waals surface area contributed by atoms with Gasteiger partial charge in [0.05, 0.1) is 21.7 Å². The highest BCUT2D eigenvalue weighted by molar-refractivity contribution is 7.08. The average molecular weight is 644 g/mol. The van der Waals surface area contributed by atoms with Crippen LogP contribution in [0, 0.1) is 5.41 Å². The van der Waals surface area contributed by atoms with Gasteiger partial charge in [0.25, 0.3) is 5.91 Å². The van der Waals surface area contributed by atoms with Crippen LogP contribution < -0.4 is 15.4 Å². The number of anilines is 1. The maximum absolute atomic E-state index is 14.1. The van der Waals surface area contributed by atoms with Crippen molar-refractivity contribution in [2.24, 2.45) is 9.98 Å². The van der Waals surface area contributed by atoms with E-state index in [0.29, 0.717) is 24.5 Å². The molecule has 3 aromatic rings. The number of halogens is 4. The fourth-order valence-corrected chi connectivity index (χ4v) is 5.51. The zero-order chi connectivity index (χ0) is 31.4. The first kappa shape index (κ1) is 31.4. The number of piperazine rings is 1. The Morgan fingerprint density at radius 1 is 1.14 bits per heavy atom. The fraction of sp³-hybridized carbons (Fsp3) is 0.267. The Bertz CT molecular complexity index is 1650. The Morgan fingerprint density at radius 3 is 2.59 bits per heavy atom. The maximum Gasteiger partial charge on any atom is 0.416 e. The highest BCUT2D eigenvalue weighted by atomic mass is 35.5. The number of carbonyl (C=O) groups excluding carboxylic acids is 1. The Hall–Kier alpha value is -4.04. The molecule has 1 fully saturated rings. The van der Waals surface area contributed by atoms with E-state index in [1.165, 1.54) is 47.9 Å². The molecular weight excluding hydrogens is 615 g/mol. The molecule has 2 aliphatic rings. The molecule has 5 rings (SSSR count). The number of hydrogen-bond donors (Lipinski definition) is 3. The van der Waals surface area contributed by atoms with Gasteiger partial charge in [-0.05, 0) is 54.4 Å². The Kier molecular flexibility index (Phi) is 9.49. The first-order chi connectivity index (χ1) is 21.0. The summed E-state index contributed by atoms with van der Waals surface area (Å²) < 4.78 is 48.2. The molecule has 3 heterocycles. The van der Waals surface area contributed by atoms with Gasteiger partial charge < -0.3 is 20.3 Å². The third-order valence-corrected chi connectivity index (χ3v) is 8.05. The van der Waals surface area contributed by atoms with Gasteiger partial charge in [0, 0.05) is 62.6 Å². The topological polar surface area (TPSA) is 105 Å². The molecule has 0 unspecified atom stereocenters. The van der Waals surface area contributed by atoms with Gasteiger partial charge in [-0.3, -0.25) is 15.1 Å². The minimum atomic E-state index is -4.60. The number of thiophene rings is 1. The molecule has 230 valence electrons. The molecule has 14 heteroatoms. The molecule has 1 saturated heterocycles. The van der Waals surface area contributed by atoms with E-state index < -0.39 is 17.6 Å². The van der Waals surface area contributed by atoms with Gasteiger partial charge in [0.2, 0.25) is 5.90 Å². The molecular formula is C30H29ClF3N7O2S. The van der Waals surface area contributed by atoms with E-state index >= 15 is 0 Å². The van der Waals surface area contributed by atoms with Crippen LogP contribution in [0.3, 0.4) is 0 Å². The standard InChI is InChI=1S/C30H29ClF3N7O2S/c1-36-15-23-26(35)38-27(19-7-12-44-17-19)39-29(23)43-21-5-6-25(31)22(14-21)28(42)37-20-4-3-18(24(13-20)30(32,33)34)16-41-10-8-40(2)9-11-41/h3-7,12-15,17,35-36H,8-11,16H2,1-2H3,(H,37,42)/b23-15+,35-26?. The highest BCUT2D eigenvalue weighted by Crippen LogP contribution is 2.35. The quantitative estimate of drug-likeness (QED) is 0.305. The molecule has 9 nitrogen and oxygen atoms in total. The Balaban J connectivity index is 1.37. The summed E-state index contributed by atoms with van der Waals surface area (Å²) in [6, 6.07) is 9.94. The van der Waals surface area contributed by atoms with Crippen molar-refractivity contribution in [3.63, 3.8) is 0 Å². The number of amidine groups is 2. The third kappa shape index (κ3) is 7.36. The van der Waals surface area contributed by atoms with Crippen LogP contribution >= 0.6 is 22.9 Å². The number of carbonyl (C=O) groups is 1. The number of aliphatic imine (C=N–C) groups is 2. The lowest BCUT2D eigenvalue weighted by atomic mass is 10.0. The van der Waals surface area contributed by atoms with Crippen LogP contribution in [0.1, 0.15) is 27.0 Å². The van der Waals surface area contributed by atoms with E-state index in [2.05, 4.69) is 25.5 Å². The lowest BCUT2D eigenvalue weighted by molar-refractivity contribution is -0.138. The summed E-state index contributed by atoms with van der Waals surface area (Å²) in [5.74, 6) is -0.250. The van der Waals surface area contributed by atoms with Crippen LogP contribution in [0.5, 0.6) is 5.75 Å². The minimum Gasteiger partial charge on any atom is -0.438 e. The lowest BCUT2D eigenvalue weighted by Gasteiger charge is -2.33. The van der Waals surface area contributed by atoms with Crippen molar-refractivity contribution in [3.05, 3.63) is 92.3 Å². The van der Waals surface area contributed by atoms with Gasteiger partial charge in [0.1, 0.15) is 5.75 Å². The first-order valence-electron chi connectivity index (χ1n) is 13.6. The second-order valence-corrected chi connectivity index (χ2v) is 11.4. The first-order valence-corrected chi connectivity index (χ1v) is 14.9. The van der Waals surface area contributed by atoms with Crippen molar-refractivity contribution in [3.8, 4) is 5.75 Å². The number of ether oxygens (including phenoxy) is 1. The van der Waals surface area contributed by atoms with Crippen molar-refractivity contribution in [1.82, 2.24) is 15.1 Å². The van der Waals surface area contributed by atoms with Gasteiger partial charge >= 0.3 is 6.18 Å². The molecule has 2 aliphatic heterocycles. The molecule has 0 atom stereocenters. The van der Waals surface area contributed by atoms with Gasteiger partial charge in [-0.25, -0.2) is 4.99 Å². The highest BCUT2D eigenvalue weighted by Gasteiger charge is 2.34. The molecule has 0 aliphatic carbocycles. The van der Waals surface area contributed by atoms with Crippen molar-refractivity contribution in [1.29, 1.82) is 5.41 Å². The summed E-state index contributed by atoms with van der Waals surface area (Å²) >= 11 is 7.79. The summed E-state index contributed by atoms with van der Waals surface area (Å²) in [4.78, 5) is 26.1. The number of hydrogen-bond acceptors (Lipinski definition) is 8. The van der Waals surface area contributed by atoms with Crippen molar-refractivity contribution >= 4 is 52.1 Å². The number of nitrogens with zero attached hydrogens (tertiary/aromatic N) is 4. The predicted molar refractivity (Wildman–Crippen MR) is 167 cm³/mol. The summed E-state index contributed by atoms with van der Waals surface area (Å²) in [5, 5.41) is 17.5. The monoisotopic (exact) mass is 643 g/mol. The van der Waals surface area contributed by atoms with Crippen LogP contribution in [0.25, 0.3) is 0 Å². The number of likely N-dealkylation sites (N-methyl/N-ethyl adjacent to an activating group) is 1. The number of alkyl halides is 3. The summed E-state index contributed by atoms with van der Waals surface area (Å²) in [6.07, 6.45) is -3.09. The van der Waals surface area contributed by atoms with Crippen LogP contribution in [-0.2, 0) is 12.7 Å². The smallest absolute Gasteiger partial charge is 0.416 e. The zero-order valence-electron chi connectivity index (χ0n) is 23.8. The average Bonchev–Trinajstić information content (AvgIpc) is 3.52. The molecule has 44 heavy (non-hydrogen) atoms. The molecule has 1 aromatic heterocycles. The third-order valence-electron chi connectivity index (χ3n) is 7.04. The lowest BCUT2D eigenvalue weighted by Crippen LogP contribution is -2.44. The van der Waals surface area contributed by atoms with Crippen LogP contribution in [0.15, 0.2) is 75.0 Å². The molecule has 3 N–H and O–H groups in total. The molecule has 0 spiro atoms. The second-order valence-electron chi connectivity index (χ2n) is 10.2. The largest absolute Gasteiger partial charge is 0.438 e. The van der Waals surface area contributed by atoms with Gasteiger partial charge in [-0.15, -0.1) is 0 Å². The molecule has 2 aromatic carbocycles. The Labute approximate surface area is 261 Å². The van der Waals surface area contributed by atoms with E-state index in [0.717, 1.165) is 19.2 Å². The van der Waals surface area contributed by atoms with Gasteiger partial charge in [-0.2, -0.15) is 29.5 Å². The van der Waals surface area contributed by atoms with E-state index in [9.17, 15) is 18.0 Å². The molecule has 0 radical (unpaired) electrons. The van der Waals surface area contributed by atoms with E-state index in [1.54, 1.807) is 7.05 Å². The van der Waals surface area contributed by atoms with Crippen LogP contribution in [0.4, 0.5) is 18.9 Å². The predicted octanol–water partition coefficient (Wildman–Crippen LogP) is 5.74. The van der Waals surface area contributed by atoms with Crippen molar-refractivity contribution in [2.75, 3.05) is 45.6 Å². The second kappa shape index (κ2) is 13.3. The number of nitrogens with one attached hydrogen (secondary N) is 3. The summed E-state index contributed by atoms with van der Waals surface area (Å²) in [7, 11) is 3.64. The molecule has 0 bridgehead atoms. The normalized spacial score (nSPS) is 17.3. The van der Waals surface area contributed by atoms with Crippen LogP contribution in [-0.4, -0.2) is 73.6 Å². The van der Waals surface area contributed by atoms with E-state index in [4.69, 9.17) is 21.7 Å². The molecule has 1 amide bonds. The van der Waals surface area contributed by atoms with Gasteiger partial charge in [-0.1, -0.05) is 17.7 Å². The summed E-state index contributed by atoms with van der Waals surface area (Å²) in [6.45, 7) is 3.07. The van der Waals surface area contributed by atoms with Gasteiger partial charge in [0.15, 0.2) is 11.7 Å². The Morgan fingerprint density at radius 2 is 1.91 bits per heavy atom. The van der Waals surface area contributed by atoms with Crippen molar-refractivity contribution < 1.29 is 22.7 Å². The van der Waals surface area contributed by atoms with E-state index in [1.807, 2.05) is 28.8 Å². The van der Waals surface area contributed by atoms with Crippen LogP contribution in [0.2, 0.25) is 5.02 Å². The number of amides is 1. The van der Waals surface area contributed by atoms with E-state index in [-0.39, 0.29) is 51.4 Å². The number of rotatable bonds is 7. The molecule has 0 saturated carbocycles. The zero-order valence-corrected chi connectivity index (χ0v) is 25.4. The number of benzene rings is 2. The summed E-state index contributed by atoms with van der Waals surface area (Å²) in [5.41, 5.74) is 0.298. The SMILES string of the molecule is CN/C=C1\C(=N)N=C(c2ccsc2)N=C1Oc1ccc(Cl)c(C(=O)Nc2ccc(CN3CCN(C)CC3)c(C(F)(F)F)c2)c1. The maximum atomic E-state index is 14.1. The minimum absolute atomic E-state index is 0.0170. The van der Waals surface area contributed by atoms with Crippen molar-refractivity contribution in [2.45, 2.75) is 12.7 Å².